The van der Waals surface area contributed by atoms with Crippen LogP contribution in [0.5, 0.6) is 5.75 Å². The second-order valence-electron chi connectivity index (χ2n) is 8.92. The molecule has 6 nitrogen and oxygen atoms in total. The zero-order valence-corrected chi connectivity index (χ0v) is 19.6. The molecular formula is C21H28ClN5OS. The third kappa shape index (κ3) is 6.62. The molecule has 0 aliphatic rings. The number of aromatic nitrogens is 1. The number of aliphatic imine (C=N–C) groups is 1. The molecule has 0 aliphatic carbocycles. The molecule has 0 atom stereocenters. The number of nitriles is 1. The van der Waals surface area contributed by atoms with Gasteiger partial charge in [-0.15, -0.1) is 11.3 Å². The average molecular weight is 434 g/mol. The number of hydrogen-bond donors (Lipinski definition) is 1. The number of ether oxygens (including phenoxy) is 1. The first-order valence-corrected chi connectivity index (χ1v) is 10.5. The van der Waals surface area contributed by atoms with E-state index in [2.05, 4.69) is 67.6 Å². The Morgan fingerprint density at radius 2 is 1.97 bits per heavy atom. The van der Waals surface area contributed by atoms with E-state index >= 15 is 0 Å². The van der Waals surface area contributed by atoms with Crippen LogP contribution in [0.25, 0.3) is 0 Å². The number of nitrogens with one attached hydrogen (secondary N) is 1. The highest BCUT2D eigenvalue weighted by molar-refractivity contribution is 7.09. The molecule has 156 valence electrons. The normalized spacial score (nSPS) is 13.3. The number of methoxy groups -OCH3 is 1. The van der Waals surface area contributed by atoms with Gasteiger partial charge in [-0.1, -0.05) is 53.1 Å². The second-order valence-corrected chi connectivity index (χ2v) is 10.4. The summed E-state index contributed by atoms with van der Waals surface area (Å²) in [4.78, 5) is 11.1. The first-order valence-electron chi connectivity index (χ1n) is 9.26. The van der Waals surface area contributed by atoms with Crippen LogP contribution >= 0.6 is 22.9 Å². The minimum Gasteiger partial charge on any atom is -0.494 e. The lowest BCUT2D eigenvalue weighted by atomic mass is 9.95. The molecule has 0 unspecified atom stereocenters. The Labute approximate surface area is 181 Å². The highest BCUT2D eigenvalue weighted by Crippen LogP contribution is 2.30. The molecule has 0 amide bonds. The van der Waals surface area contributed by atoms with E-state index in [-0.39, 0.29) is 16.8 Å². The van der Waals surface area contributed by atoms with Crippen LogP contribution in [0.1, 0.15) is 46.4 Å². The minimum absolute atomic E-state index is 0.00574. The van der Waals surface area contributed by atoms with E-state index in [0.717, 1.165) is 11.3 Å². The van der Waals surface area contributed by atoms with Crippen molar-refractivity contribution in [2.45, 2.75) is 53.5 Å². The van der Waals surface area contributed by atoms with Crippen LogP contribution in [-0.4, -0.2) is 17.6 Å². The number of rotatable bonds is 3. The smallest absolute Gasteiger partial charge is 0.239 e. The van der Waals surface area contributed by atoms with Crippen LogP contribution in [0.15, 0.2) is 34.4 Å². The molecule has 2 rings (SSSR count). The van der Waals surface area contributed by atoms with E-state index in [9.17, 15) is 5.26 Å². The van der Waals surface area contributed by atoms with Gasteiger partial charge in [-0.05, 0) is 29.0 Å². The Balaban J connectivity index is 2.65. The SMILES string of the molecule is COc1ccc(Cl)cc1N=C(N=c1sc(C(C)(C)C)cn1CC(C)(C)C)NC#N. The van der Waals surface area contributed by atoms with Gasteiger partial charge < -0.3 is 9.30 Å². The van der Waals surface area contributed by atoms with E-state index in [1.54, 1.807) is 36.6 Å². The Kier molecular flexibility index (Phi) is 7.15. The summed E-state index contributed by atoms with van der Waals surface area (Å²) in [7, 11) is 1.56. The van der Waals surface area contributed by atoms with Crippen LogP contribution in [0.2, 0.25) is 5.02 Å². The van der Waals surface area contributed by atoms with Gasteiger partial charge >= 0.3 is 0 Å². The molecule has 1 heterocycles. The molecule has 1 aromatic carbocycles. The molecule has 8 heteroatoms. The summed E-state index contributed by atoms with van der Waals surface area (Å²) in [6.45, 7) is 13.8. The lowest BCUT2D eigenvalue weighted by Gasteiger charge is -2.19. The van der Waals surface area contributed by atoms with E-state index in [0.29, 0.717) is 16.5 Å². The van der Waals surface area contributed by atoms with Crippen molar-refractivity contribution in [2.24, 2.45) is 15.4 Å². The van der Waals surface area contributed by atoms with Crippen molar-refractivity contribution in [3.8, 4) is 11.9 Å². The number of hydrogen-bond acceptors (Lipinski definition) is 4. The molecule has 0 saturated heterocycles. The van der Waals surface area contributed by atoms with Gasteiger partial charge in [0.2, 0.25) is 5.96 Å². The second kappa shape index (κ2) is 9.02. The van der Waals surface area contributed by atoms with Gasteiger partial charge in [0.1, 0.15) is 11.4 Å². The number of guanidine groups is 1. The lowest BCUT2D eigenvalue weighted by Crippen LogP contribution is -2.26. The number of nitrogens with zero attached hydrogens (tertiary/aromatic N) is 4. The molecule has 29 heavy (non-hydrogen) atoms. The molecule has 0 bridgehead atoms. The molecule has 0 radical (unpaired) electrons. The molecule has 1 N–H and O–H groups in total. The maximum absolute atomic E-state index is 9.20. The molecule has 2 aromatic rings. The first kappa shape index (κ1) is 23.0. The summed E-state index contributed by atoms with van der Waals surface area (Å²) in [5.74, 6) is 0.726. The van der Waals surface area contributed by atoms with Crippen LogP contribution in [0.3, 0.4) is 0 Å². The fourth-order valence-electron chi connectivity index (χ4n) is 2.52. The fourth-order valence-corrected chi connectivity index (χ4v) is 3.74. The van der Waals surface area contributed by atoms with Crippen molar-refractivity contribution in [1.82, 2.24) is 9.88 Å². The quantitative estimate of drug-likeness (QED) is 0.312. The van der Waals surface area contributed by atoms with E-state index < -0.39 is 0 Å². The van der Waals surface area contributed by atoms with E-state index in [1.807, 2.05) is 6.19 Å². The largest absolute Gasteiger partial charge is 0.494 e. The molecule has 0 spiro atoms. The Bertz CT molecular complexity index is 1000. The predicted molar refractivity (Wildman–Crippen MR) is 120 cm³/mol. The van der Waals surface area contributed by atoms with Gasteiger partial charge in [-0.3, -0.25) is 5.32 Å². The standard InChI is InChI=1S/C21H28ClN5OS/c1-20(2,3)12-27-11-17(21(4,5)6)29-19(27)26-18(24-13-23)25-15-10-14(22)8-9-16(15)28-7/h8-11H,12H2,1-7H3,(H,24,25). The highest BCUT2D eigenvalue weighted by atomic mass is 35.5. The number of benzene rings is 1. The molecule has 0 saturated carbocycles. The average Bonchev–Trinajstić information content (AvgIpc) is 2.96. The first-order chi connectivity index (χ1) is 13.4. The topological polar surface area (TPSA) is 74.7 Å². The van der Waals surface area contributed by atoms with Crippen molar-refractivity contribution in [3.05, 3.63) is 39.1 Å². The monoisotopic (exact) mass is 433 g/mol. The Morgan fingerprint density at radius 1 is 1.28 bits per heavy atom. The van der Waals surface area contributed by atoms with Gasteiger partial charge in [0.25, 0.3) is 0 Å². The molecule has 0 aliphatic heterocycles. The van der Waals surface area contributed by atoms with Gasteiger partial charge in [-0.25, -0.2) is 4.99 Å². The zero-order chi connectivity index (χ0) is 21.8. The predicted octanol–water partition coefficient (Wildman–Crippen LogP) is 5.21. The van der Waals surface area contributed by atoms with E-state index in [4.69, 9.17) is 16.3 Å². The third-order valence-electron chi connectivity index (χ3n) is 3.84. The summed E-state index contributed by atoms with van der Waals surface area (Å²) < 4.78 is 7.47. The van der Waals surface area contributed by atoms with Gasteiger partial charge in [0.05, 0.1) is 7.11 Å². The van der Waals surface area contributed by atoms with Crippen molar-refractivity contribution in [3.63, 3.8) is 0 Å². The van der Waals surface area contributed by atoms with Crippen molar-refractivity contribution in [2.75, 3.05) is 7.11 Å². The van der Waals surface area contributed by atoms with Crippen LogP contribution < -0.4 is 14.9 Å². The number of thiazole rings is 1. The maximum atomic E-state index is 9.20. The summed E-state index contributed by atoms with van der Waals surface area (Å²) in [5, 5.41) is 12.3. The zero-order valence-electron chi connectivity index (χ0n) is 18.0. The summed E-state index contributed by atoms with van der Waals surface area (Å²) in [5.41, 5.74) is 0.562. The van der Waals surface area contributed by atoms with Crippen LogP contribution in [-0.2, 0) is 12.0 Å². The summed E-state index contributed by atoms with van der Waals surface area (Å²) >= 11 is 7.70. The summed E-state index contributed by atoms with van der Waals surface area (Å²) in [6.07, 6.45) is 4.05. The third-order valence-corrected chi connectivity index (χ3v) is 5.52. The van der Waals surface area contributed by atoms with Crippen LogP contribution in [0.4, 0.5) is 5.69 Å². The summed E-state index contributed by atoms with van der Waals surface area (Å²) in [6, 6.07) is 5.13. The molecule has 1 aromatic heterocycles. The van der Waals surface area contributed by atoms with Crippen molar-refractivity contribution in [1.29, 1.82) is 5.26 Å². The van der Waals surface area contributed by atoms with Gasteiger partial charge in [0.15, 0.2) is 11.0 Å². The minimum atomic E-state index is -0.00574. The Morgan fingerprint density at radius 3 is 2.52 bits per heavy atom. The van der Waals surface area contributed by atoms with E-state index in [1.165, 1.54) is 4.88 Å². The number of halogens is 1. The fraction of sp³-hybridized carbons (Fsp3) is 0.476. The van der Waals surface area contributed by atoms with Crippen molar-refractivity contribution >= 4 is 34.6 Å². The molecular weight excluding hydrogens is 406 g/mol. The van der Waals surface area contributed by atoms with Gasteiger partial charge in [-0.2, -0.15) is 10.3 Å². The maximum Gasteiger partial charge on any atom is 0.239 e. The van der Waals surface area contributed by atoms with Gasteiger partial charge in [0, 0.05) is 22.6 Å². The molecule has 0 fully saturated rings. The lowest BCUT2D eigenvalue weighted by molar-refractivity contribution is 0.339. The highest BCUT2D eigenvalue weighted by Gasteiger charge is 2.20. The Hall–Kier alpha value is -2.30. The van der Waals surface area contributed by atoms with Crippen LogP contribution in [0, 0.1) is 16.9 Å². The van der Waals surface area contributed by atoms with Crippen molar-refractivity contribution < 1.29 is 4.74 Å².